The molecule has 5 nitrogen and oxygen atoms in total. The van der Waals surface area contributed by atoms with E-state index in [1.165, 1.54) is 32.1 Å². The van der Waals surface area contributed by atoms with Crippen LogP contribution in [-0.2, 0) is 11.8 Å². The minimum absolute atomic E-state index is 0.0764. The lowest BCUT2D eigenvalue weighted by Crippen LogP contribution is -2.36. The average Bonchev–Trinajstić information content (AvgIpc) is 2.77. The third-order valence-electron chi connectivity index (χ3n) is 3.83. The van der Waals surface area contributed by atoms with Gasteiger partial charge < -0.3 is 10.5 Å². The highest BCUT2D eigenvalue weighted by atomic mass is 16.5. The van der Waals surface area contributed by atoms with Crippen LogP contribution in [-0.4, -0.2) is 28.2 Å². The zero-order valence-corrected chi connectivity index (χ0v) is 10.7. The Hall–Kier alpha value is -0.940. The van der Waals surface area contributed by atoms with Gasteiger partial charge in [0.2, 0.25) is 0 Å². The van der Waals surface area contributed by atoms with Crippen LogP contribution in [0.4, 0.5) is 0 Å². The van der Waals surface area contributed by atoms with Crippen molar-refractivity contribution in [3.63, 3.8) is 0 Å². The van der Waals surface area contributed by atoms with E-state index >= 15 is 0 Å². The van der Waals surface area contributed by atoms with Gasteiger partial charge in [0.25, 0.3) is 0 Å². The number of aryl methyl sites for hydroxylation is 1. The molecule has 0 radical (unpaired) electrons. The zero-order chi connectivity index (χ0) is 12.3. The molecule has 1 aromatic heterocycles. The molecule has 1 fully saturated rings. The van der Waals surface area contributed by atoms with E-state index in [1.54, 1.807) is 18.0 Å². The average molecular weight is 238 g/mol. The fourth-order valence-corrected chi connectivity index (χ4v) is 2.86. The molecule has 0 bridgehead atoms. The van der Waals surface area contributed by atoms with Gasteiger partial charge in [-0.15, -0.1) is 5.10 Å². The van der Waals surface area contributed by atoms with Crippen molar-refractivity contribution < 1.29 is 4.74 Å². The number of rotatable bonds is 4. The van der Waals surface area contributed by atoms with Gasteiger partial charge in [0.15, 0.2) is 0 Å². The molecule has 0 aromatic carbocycles. The Labute approximate surface area is 102 Å². The van der Waals surface area contributed by atoms with Crippen molar-refractivity contribution >= 4 is 0 Å². The van der Waals surface area contributed by atoms with Crippen molar-refractivity contribution in [3.05, 3.63) is 11.9 Å². The second-order valence-electron chi connectivity index (χ2n) is 4.91. The second kappa shape index (κ2) is 5.60. The molecule has 17 heavy (non-hydrogen) atoms. The highest BCUT2D eigenvalue weighted by molar-refractivity contribution is 5.04. The number of methoxy groups -OCH3 is 1. The predicted octanol–water partition coefficient (Wildman–Crippen LogP) is 1.41. The molecule has 5 heteroatoms. The van der Waals surface area contributed by atoms with Crippen LogP contribution < -0.4 is 5.73 Å². The number of nitrogens with two attached hydrogens (primary N) is 1. The molecule has 0 amide bonds. The molecule has 0 spiro atoms. The monoisotopic (exact) mass is 238 g/mol. The summed E-state index contributed by atoms with van der Waals surface area (Å²) in [6.45, 7) is 0. The van der Waals surface area contributed by atoms with Gasteiger partial charge in [-0.1, -0.05) is 24.5 Å². The lowest BCUT2D eigenvalue weighted by atomic mass is 9.82. The molecule has 2 unspecified atom stereocenters. The summed E-state index contributed by atoms with van der Waals surface area (Å²) in [4.78, 5) is 0. The van der Waals surface area contributed by atoms with Gasteiger partial charge in [-0.2, -0.15) is 0 Å². The van der Waals surface area contributed by atoms with Gasteiger partial charge in [0, 0.05) is 14.2 Å². The van der Waals surface area contributed by atoms with Gasteiger partial charge in [-0.25, -0.2) is 0 Å². The zero-order valence-electron chi connectivity index (χ0n) is 10.7. The van der Waals surface area contributed by atoms with Crippen LogP contribution in [0.2, 0.25) is 0 Å². The predicted molar refractivity (Wildman–Crippen MR) is 65.3 cm³/mol. The third kappa shape index (κ3) is 2.66. The van der Waals surface area contributed by atoms with E-state index < -0.39 is 0 Å². The second-order valence-corrected chi connectivity index (χ2v) is 4.91. The summed E-state index contributed by atoms with van der Waals surface area (Å²) in [5, 5.41) is 7.81. The molecule has 1 saturated carbocycles. The number of ether oxygens (including phenoxy) is 1. The van der Waals surface area contributed by atoms with E-state index in [4.69, 9.17) is 10.5 Å². The first kappa shape index (κ1) is 12.5. The van der Waals surface area contributed by atoms with E-state index in [0.717, 1.165) is 5.69 Å². The normalized spacial score (nSPS) is 21.4. The molecule has 2 atom stereocenters. The highest BCUT2D eigenvalue weighted by Gasteiger charge is 2.30. The highest BCUT2D eigenvalue weighted by Crippen LogP contribution is 2.32. The molecule has 0 aliphatic heterocycles. The molecular weight excluding hydrogens is 216 g/mol. The van der Waals surface area contributed by atoms with Crippen LogP contribution in [0.15, 0.2) is 6.20 Å². The van der Waals surface area contributed by atoms with Gasteiger partial charge in [-0.05, 0) is 18.8 Å². The van der Waals surface area contributed by atoms with Crippen molar-refractivity contribution in [1.82, 2.24) is 15.0 Å². The van der Waals surface area contributed by atoms with Crippen LogP contribution in [0, 0.1) is 5.92 Å². The number of hydrogen-bond acceptors (Lipinski definition) is 4. The van der Waals surface area contributed by atoms with Crippen molar-refractivity contribution in [3.8, 4) is 0 Å². The smallest absolute Gasteiger partial charge is 0.0807 e. The van der Waals surface area contributed by atoms with Gasteiger partial charge >= 0.3 is 0 Å². The maximum absolute atomic E-state index is 6.30. The fraction of sp³-hybridized carbons (Fsp3) is 0.833. The summed E-state index contributed by atoms with van der Waals surface area (Å²) in [5.74, 6) is 0.568. The van der Waals surface area contributed by atoms with Gasteiger partial charge in [-0.3, -0.25) is 4.68 Å². The molecule has 1 heterocycles. The summed E-state index contributed by atoms with van der Waals surface area (Å²) < 4.78 is 7.37. The Morgan fingerprint density at radius 3 is 2.65 bits per heavy atom. The minimum atomic E-state index is -0.136. The molecule has 2 rings (SSSR count). The topological polar surface area (TPSA) is 66.0 Å². The lowest BCUT2D eigenvalue weighted by molar-refractivity contribution is 0.0155. The van der Waals surface area contributed by atoms with Crippen molar-refractivity contribution in [2.45, 2.75) is 44.2 Å². The Morgan fingerprint density at radius 2 is 2.12 bits per heavy atom. The third-order valence-corrected chi connectivity index (χ3v) is 3.83. The quantitative estimate of drug-likeness (QED) is 0.861. The summed E-state index contributed by atoms with van der Waals surface area (Å²) >= 11 is 0. The number of hydrogen-bond donors (Lipinski definition) is 1. The molecular formula is C12H22N4O. The van der Waals surface area contributed by atoms with Crippen LogP contribution in [0.3, 0.4) is 0 Å². The molecule has 1 aliphatic carbocycles. The molecule has 0 saturated heterocycles. The van der Waals surface area contributed by atoms with Gasteiger partial charge in [0.1, 0.15) is 0 Å². The Bertz CT molecular complexity index is 346. The van der Waals surface area contributed by atoms with Crippen molar-refractivity contribution in [2.75, 3.05) is 7.11 Å². The standard InChI is InChI=1S/C12H22N4O/c1-16-10(8-14-15-16)11(13)12(17-2)9-6-4-3-5-7-9/h8-9,11-12H,3-7,13H2,1-2H3. The maximum atomic E-state index is 6.30. The Balaban J connectivity index is 2.09. The Kier molecular flexibility index (Phi) is 4.12. The summed E-state index contributed by atoms with van der Waals surface area (Å²) in [6.07, 6.45) is 8.18. The van der Waals surface area contributed by atoms with E-state index in [9.17, 15) is 0 Å². The first-order chi connectivity index (χ1) is 8.24. The van der Waals surface area contributed by atoms with Crippen LogP contribution in [0.5, 0.6) is 0 Å². The minimum Gasteiger partial charge on any atom is -0.379 e. The van der Waals surface area contributed by atoms with E-state index in [2.05, 4.69) is 10.3 Å². The Morgan fingerprint density at radius 1 is 1.41 bits per heavy atom. The van der Waals surface area contributed by atoms with Crippen LogP contribution >= 0.6 is 0 Å². The first-order valence-corrected chi connectivity index (χ1v) is 6.37. The summed E-state index contributed by atoms with van der Waals surface area (Å²) in [6, 6.07) is -0.136. The van der Waals surface area contributed by atoms with E-state index in [-0.39, 0.29) is 12.1 Å². The van der Waals surface area contributed by atoms with Crippen molar-refractivity contribution in [1.29, 1.82) is 0 Å². The first-order valence-electron chi connectivity index (χ1n) is 6.37. The molecule has 1 aliphatic rings. The molecule has 1 aromatic rings. The molecule has 2 N–H and O–H groups in total. The summed E-state index contributed by atoms with van der Waals surface area (Å²) in [5.41, 5.74) is 7.25. The largest absolute Gasteiger partial charge is 0.379 e. The van der Waals surface area contributed by atoms with E-state index in [0.29, 0.717) is 5.92 Å². The van der Waals surface area contributed by atoms with Gasteiger partial charge in [0.05, 0.1) is 24.0 Å². The number of nitrogens with zero attached hydrogens (tertiary/aromatic N) is 3. The lowest BCUT2D eigenvalue weighted by Gasteiger charge is -2.32. The van der Waals surface area contributed by atoms with Crippen LogP contribution in [0.25, 0.3) is 0 Å². The maximum Gasteiger partial charge on any atom is 0.0807 e. The summed E-state index contributed by atoms with van der Waals surface area (Å²) in [7, 11) is 3.62. The van der Waals surface area contributed by atoms with E-state index in [1.807, 2.05) is 7.05 Å². The van der Waals surface area contributed by atoms with Crippen LogP contribution in [0.1, 0.15) is 43.8 Å². The van der Waals surface area contributed by atoms with Crippen molar-refractivity contribution in [2.24, 2.45) is 18.7 Å². The SMILES string of the molecule is COC(C1CCCCC1)C(N)c1cnnn1C. The molecule has 96 valence electrons. The number of aromatic nitrogens is 3. The fourth-order valence-electron chi connectivity index (χ4n) is 2.86.